The molecule has 1 aliphatic heterocycles. The Hall–Kier alpha value is -1.89. The van der Waals surface area contributed by atoms with Gasteiger partial charge in [-0.2, -0.15) is 0 Å². The molecule has 0 aromatic carbocycles. The van der Waals surface area contributed by atoms with Crippen LogP contribution in [0.4, 0.5) is 0 Å². The Labute approximate surface area is 97.4 Å². The van der Waals surface area contributed by atoms with Crippen molar-refractivity contribution in [1.82, 2.24) is 15.4 Å². The number of nitrogens with zero attached hydrogens (tertiary/aromatic N) is 2. The first-order chi connectivity index (χ1) is 8.08. The van der Waals surface area contributed by atoms with E-state index in [0.717, 1.165) is 13.0 Å². The molecule has 1 saturated heterocycles. The van der Waals surface area contributed by atoms with Crippen LogP contribution in [0, 0.1) is 0 Å². The number of carboxylic acid groups (broad SMARTS) is 1. The first kappa shape index (κ1) is 11.6. The lowest BCUT2D eigenvalue weighted by Crippen LogP contribution is -2.36. The Morgan fingerprint density at radius 3 is 3.06 bits per heavy atom. The van der Waals surface area contributed by atoms with Gasteiger partial charge in [-0.3, -0.25) is 10.1 Å². The van der Waals surface area contributed by atoms with E-state index in [0.29, 0.717) is 12.3 Å². The van der Waals surface area contributed by atoms with Crippen molar-refractivity contribution in [3.05, 3.63) is 17.5 Å². The maximum atomic E-state index is 11.6. The average Bonchev–Trinajstić information content (AvgIpc) is 2.86. The monoisotopic (exact) mass is 239 g/mol. The number of aromatic carboxylic acids is 1. The predicted molar refractivity (Wildman–Crippen MR) is 56.3 cm³/mol. The van der Waals surface area contributed by atoms with Crippen molar-refractivity contribution in [2.45, 2.75) is 19.0 Å². The summed E-state index contributed by atoms with van der Waals surface area (Å²) in [6.07, 6.45) is 0.745. The molecule has 1 aromatic rings. The summed E-state index contributed by atoms with van der Waals surface area (Å²) in [6.45, 7) is 1.03. The third-order valence-electron chi connectivity index (χ3n) is 2.73. The minimum absolute atomic E-state index is 0.0444. The van der Waals surface area contributed by atoms with Crippen LogP contribution in [0.3, 0.4) is 0 Å². The Morgan fingerprint density at radius 1 is 1.76 bits per heavy atom. The number of rotatable bonds is 4. The molecule has 0 aliphatic carbocycles. The smallest absolute Gasteiger partial charge is 0.358 e. The second kappa shape index (κ2) is 4.54. The summed E-state index contributed by atoms with van der Waals surface area (Å²) in [5.41, 5.74) is -0.128. The summed E-state index contributed by atoms with van der Waals surface area (Å²) in [5, 5.41) is 15.0. The van der Waals surface area contributed by atoms with Crippen LogP contribution in [0.25, 0.3) is 0 Å². The fourth-order valence-corrected chi connectivity index (χ4v) is 1.73. The molecule has 1 atom stereocenters. The van der Waals surface area contributed by atoms with E-state index in [9.17, 15) is 9.59 Å². The molecule has 0 saturated carbocycles. The summed E-state index contributed by atoms with van der Waals surface area (Å²) >= 11 is 0. The molecule has 7 nitrogen and oxygen atoms in total. The highest BCUT2D eigenvalue weighted by Gasteiger charge is 2.28. The molecule has 2 rings (SSSR count). The molecular formula is C10H13N3O4. The van der Waals surface area contributed by atoms with Gasteiger partial charge in [0.2, 0.25) is 5.91 Å². The second-order valence-corrected chi connectivity index (χ2v) is 3.97. The van der Waals surface area contributed by atoms with E-state index >= 15 is 0 Å². The van der Waals surface area contributed by atoms with Crippen molar-refractivity contribution in [3.8, 4) is 0 Å². The van der Waals surface area contributed by atoms with E-state index in [2.05, 4.69) is 10.5 Å². The lowest BCUT2D eigenvalue weighted by molar-refractivity contribution is -0.128. The topological polar surface area (TPSA) is 95.7 Å². The Kier molecular flexibility index (Phi) is 3.10. The summed E-state index contributed by atoms with van der Waals surface area (Å²) in [7, 11) is 1.75. The normalized spacial score (nSPS) is 19.9. The molecule has 1 aromatic heterocycles. The van der Waals surface area contributed by atoms with Gasteiger partial charge >= 0.3 is 5.97 Å². The van der Waals surface area contributed by atoms with Gasteiger partial charge in [0.05, 0.1) is 12.6 Å². The second-order valence-electron chi connectivity index (χ2n) is 3.97. The van der Waals surface area contributed by atoms with Crippen molar-refractivity contribution >= 4 is 11.9 Å². The van der Waals surface area contributed by atoms with E-state index in [-0.39, 0.29) is 17.6 Å². The molecule has 1 aliphatic rings. The molecule has 17 heavy (non-hydrogen) atoms. The van der Waals surface area contributed by atoms with Crippen LogP contribution in [0.2, 0.25) is 0 Å². The van der Waals surface area contributed by atoms with Crippen LogP contribution in [0.15, 0.2) is 10.6 Å². The van der Waals surface area contributed by atoms with Crippen molar-refractivity contribution in [3.63, 3.8) is 0 Å². The number of hydrogen-bond donors (Lipinski definition) is 2. The van der Waals surface area contributed by atoms with Gasteiger partial charge in [-0.25, -0.2) is 4.79 Å². The number of aromatic nitrogens is 1. The summed E-state index contributed by atoms with van der Waals surface area (Å²) in [4.78, 5) is 23.8. The highest BCUT2D eigenvalue weighted by atomic mass is 16.5. The number of carbonyl (C=O) groups is 2. The molecule has 1 unspecified atom stereocenters. The highest BCUT2D eigenvalue weighted by Crippen LogP contribution is 2.10. The Morgan fingerprint density at radius 2 is 2.53 bits per heavy atom. The first-order valence-electron chi connectivity index (χ1n) is 5.25. The van der Waals surface area contributed by atoms with Crippen molar-refractivity contribution in [2.75, 3.05) is 13.6 Å². The molecule has 0 radical (unpaired) electrons. The van der Waals surface area contributed by atoms with Gasteiger partial charge in [0.15, 0.2) is 11.5 Å². The van der Waals surface area contributed by atoms with E-state index in [4.69, 9.17) is 9.63 Å². The summed E-state index contributed by atoms with van der Waals surface area (Å²) in [6, 6.07) is 1.12. The number of nitrogens with one attached hydrogen (secondary N) is 1. The minimum Gasteiger partial charge on any atom is -0.476 e. The van der Waals surface area contributed by atoms with Crippen molar-refractivity contribution in [1.29, 1.82) is 0 Å². The quantitative estimate of drug-likeness (QED) is 0.748. The summed E-state index contributed by atoms with van der Waals surface area (Å²) in [5.74, 6) is -0.676. The van der Waals surface area contributed by atoms with Gasteiger partial charge in [-0.05, 0) is 6.42 Å². The number of carboxylic acids is 1. The molecule has 2 heterocycles. The fraction of sp³-hybridized carbons (Fsp3) is 0.500. The van der Waals surface area contributed by atoms with Gasteiger partial charge in [0, 0.05) is 19.7 Å². The van der Waals surface area contributed by atoms with Crippen LogP contribution in [-0.4, -0.2) is 46.7 Å². The van der Waals surface area contributed by atoms with E-state index in [1.54, 1.807) is 11.9 Å². The standard InChI is InChI=1S/C10H13N3O4/c1-13-3-2-7(9(13)14)11-5-6-4-8(10(15)16)12-17-6/h4,7,11H,2-3,5H2,1H3,(H,15,16). The number of carbonyl (C=O) groups excluding carboxylic acids is 1. The molecule has 1 amide bonds. The lowest BCUT2D eigenvalue weighted by atomic mass is 10.2. The molecule has 92 valence electrons. The zero-order valence-electron chi connectivity index (χ0n) is 9.34. The number of likely N-dealkylation sites (N-methyl/N-ethyl adjacent to an activating group) is 1. The third kappa shape index (κ3) is 2.44. The maximum absolute atomic E-state index is 11.6. The highest BCUT2D eigenvalue weighted by molar-refractivity contribution is 5.85. The zero-order chi connectivity index (χ0) is 12.4. The largest absolute Gasteiger partial charge is 0.476 e. The summed E-state index contributed by atoms with van der Waals surface area (Å²) < 4.78 is 4.83. The van der Waals surface area contributed by atoms with Crippen LogP contribution in [0.1, 0.15) is 22.7 Å². The van der Waals surface area contributed by atoms with Gasteiger partial charge in [0.25, 0.3) is 0 Å². The third-order valence-corrected chi connectivity index (χ3v) is 2.73. The van der Waals surface area contributed by atoms with Crippen molar-refractivity contribution < 1.29 is 19.2 Å². The minimum atomic E-state index is -1.13. The maximum Gasteiger partial charge on any atom is 0.358 e. The van der Waals surface area contributed by atoms with Crippen LogP contribution >= 0.6 is 0 Å². The van der Waals surface area contributed by atoms with Gasteiger partial charge in [0.1, 0.15) is 0 Å². The van der Waals surface area contributed by atoms with E-state index in [1.807, 2.05) is 0 Å². The van der Waals surface area contributed by atoms with Gasteiger partial charge < -0.3 is 14.5 Å². The zero-order valence-corrected chi connectivity index (χ0v) is 9.34. The van der Waals surface area contributed by atoms with Crippen molar-refractivity contribution in [2.24, 2.45) is 0 Å². The number of amides is 1. The predicted octanol–water partition coefficient (Wildman–Crippen LogP) is -0.307. The van der Waals surface area contributed by atoms with Gasteiger partial charge in [-0.1, -0.05) is 5.16 Å². The molecule has 2 N–H and O–H groups in total. The van der Waals surface area contributed by atoms with E-state index < -0.39 is 5.97 Å². The SMILES string of the molecule is CN1CCC(NCc2cc(C(=O)O)no2)C1=O. The van der Waals surface area contributed by atoms with Gasteiger partial charge in [-0.15, -0.1) is 0 Å². The molecule has 0 spiro atoms. The Balaban J connectivity index is 1.89. The molecule has 1 fully saturated rings. The Bertz CT molecular complexity index is 443. The fourth-order valence-electron chi connectivity index (χ4n) is 1.73. The number of hydrogen-bond acceptors (Lipinski definition) is 5. The number of likely N-dealkylation sites (tertiary alicyclic amines) is 1. The molecular weight excluding hydrogens is 226 g/mol. The molecule has 7 heteroatoms. The first-order valence-corrected chi connectivity index (χ1v) is 5.25. The van der Waals surface area contributed by atoms with E-state index in [1.165, 1.54) is 6.07 Å². The lowest BCUT2D eigenvalue weighted by Gasteiger charge is -2.10. The van der Waals surface area contributed by atoms with Crippen LogP contribution in [-0.2, 0) is 11.3 Å². The van der Waals surface area contributed by atoms with Crippen LogP contribution in [0.5, 0.6) is 0 Å². The van der Waals surface area contributed by atoms with Crippen LogP contribution < -0.4 is 5.32 Å². The average molecular weight is 239 g/mol. The molecule has 0 bridgehead atoms.